The van der Waals surface area contributed by atoms with Crippen LogP contribution < -0.4 is 15.5 Å². The van der Waals surface area contributed by atoms with Gasteiger partial charge in [-0.25, -0.2) is 9.82 Å². The second-order valence-electron chi connectivity index (χ2n) is 6.22. The largest absolute Gasteiger partial charge is 0.488 e. The van der Waals surface area contributed by atoms with E-state index < -0.39 is 17.6 Å². The summed E-state index contributed by atoms with van der Waals surface area (Å²) >= 11 is 9.53. The number of hydrogen-bond donors (Lipinski definition) is 2. The Balaban J connectivity index is 1.62. The molecular formula is C22H16BrClFN3O3. The van der Waals surface area contributed by atoms with Gasteiger partial charge in [-0.15, -0.1) is 0 Å². The zero-order valence-corrected chi connectivity index (χ0v) is 18.3. The summed E-state index contributed by atoms with van der Waals surface area (Å²) in [6, 6.07) is 17.6. The Morgan fingerprint density at radius 2 is 1.81 bits per heavy atom. The van der Waals surface area contributed by atoms with Gasteiger partial charge >= 0.3 is 11.8 Å². The molecule has 0 unspecified atom stereocenters. The molecule has 3 rings (SSSR count). The first-order valence-corrected chi connectivity index (χ1v) is 10.1. The molecule has 0 atom stereocenters. The third kappa shape index (κ3) is 6.63. The van der Waals surface area contributed by atoms with E-state index in [9.17, 15) is 14.0 Å². The standard InChI is InChI=1S/C22H16BrClFN3O3/c23-16-5-10-20(31-13-14-3-1-2-4-19(14)24)15(11-16)12-26-28-22(30)21(29)27-18-8-6-17(25)7-9-18/h1-12H,13H2,(H,27,29)(H,28,30)/b26-12-. The Morgan fingerprint density at radius 3 is 2.55 bits per heavy atom. The van der Waals surface area contributed by atoms with Crippen LogP contribution in [0.5, 0.6) is 5.75 Å². The molecule has 0 spiro atoms. The molecule has 0 heterocycles. The molecule has 3 aromatic rings. The number of carbonyl (C=O) groups is 2. The van der Waals surface area contributed by atoms with Gasteiger partial charge in [0, 0.05) is 26.3 Å². The summed E-state index contributed by atoms with van der Waals surface area (Å²) in [6.45, 7) is 0.245. The van der Waals surface area contributed by atoms with Gasteiger partial charge in [0.05, 0.1) is 6.21 Å². The summed E-state index contributed by atoms with van der Waals surface area (Å²) in [5, 5.41) is 6.76. The zero-order valence-electron chi connectivity index (χ0n) is 15.9. The molecule has 2 N–H and O–H groups in total. The first-order valence-electron chi connectivity index (χ1n) is 8.98. The molecule has 3 aromatic carbocycles. The van der Waals surface area contributed by atoms with Crippen molar-refractivity contribution in [1.82, 2.24) is 5.43 Å². The highest BCUT2D eigenvalue weighted by Crippen LogP contribution is 2.24. The van der Waals surface area contributed by atoms with Crippen LogP contribution in [0, 0.1) is 5.82 Å². The Bertz CT molecular complexity index is 1120. The Morgan fingerprint density at radius 1 is 1.06 bits per heavy atom. The molecular weight excluding hydrogens is 489 g/mol. The number of amides is 2. The summed E-state index contributed by atoms with van der Waals surface area (Å²) < 4.78 is 19.5. The maximum atomic E-state index is 12.9. The normalized spacial score (nSPS) is 10.7. The van der Waals surface area contributed by atoms with Crippen molar-refractivity contribution in [3.63, 3.8) is 0 Å². The molecule has 0 radical (unpaired) electrons. The number of rotatable bonds is 6. The first kappa shape index (κ1) is 22.5. The quantitative estimate of drug-likeness (QED) is 0.284. The molecule has 0 saturated carbocycles. The van der Waals surface area contributed by atoms with Crippen LogP contribution in [0.2, 0.25) is 5.02 Å². The summed E-state index contributed by atoms with van der Waals surface area (Å²) in [6.07, 6.45) is 1.36. The van der Waals surface area contributed by atoms with Crippen LogP contribution in [-0.2, 0) is 16.2 Å². The molecule has 0 bridgehead atoms. The number of carbonyl (C=O) groups excluding carboxylic acids is 2. The molecule has 2 amide bonds. The van der Waals surface area contributed by atoms with Gasteiger partial charge in [0.2, 0.25) is 0 Å². The fraction of sp³-hybridized carbons (Fsp3) is 0.0455. The van der Waals surface area contributed by atoms with Crippen molar-refractivity contribution in [3.8, 4) is 5.75 Å². The second-order valence-corrected chi connectivity index (χ2v) is 7.55. The minimum Gasteiger partial charge on any atom is -0.488 e. The van der Waals surface area contributed by atoms with Crippen LogP contribution in [0.4, 0.5) is 10.1 Å². The number of nitrogens with one attached hydrogen (secondary N) is 2. The number of benzene rings is 3. The minimum atomic E-state index is -0.978. The van der Waals surface area contributed by atoms with E-state index in [1.54, 1.807) is 24.3 Å². The van der Waals surface area contributed by atoms with Crippen molar-refractivity contribution in [2.45, 2.75) is 6.61 Å². The van der Waals surface area contributed by atoms with Gasteiger partial charge in [-0.2, -0.15) is 5.10 Å². The average Bonchev–Trinajstić information content (AvgIpc) is 2.75. The van der Waals surface area contributed by atoms with Crippen LogP contribution in [0.25, 0.3) is 0 Å². The topological polar surface area (TPSA) is 79.8 Å². The average molecular weight is 505 g/mol. The van der Waals surface area contributed by atoms with Crippen LogP contribution in [0.3, 0.4) is 0 Å². The van der Waals surface area contributed by atoms with Crippen LogP contribution >= 0.6 is 27.5 Å². The van der Waals surface area contributed by atoms with E-state index in [1.807, 2.05) is 18.2 Å². The summed E-state index contributed by atoms with van der Waals surface area (Å²) in [7, 11) is 0. The minimum absolute atomic E-state index is 0.245. The van der Waals surface area contributed by atoms with Gasteiger partial charge in [-0.05, 0) is 48.5 Å². The summed E-state index contributed by atoms with van der Waals surface area (Å²) in [5.74, 6) is -1.85. The molecule has 0 saturated heterocycles. The molecule has 9 heteroatoms. The van der Waals surface area contributed by atoms with Crippen molar-refractivity contribution in [2.24, 2.45) is 5.10 Å². The molecule has 0 aliphatic carbocycles. The van der Waals surface area contributed by atoms with Gasteiger partial charge in [0.1, 0.15) is 18.2 Å². The lowest BCUT2D eigenvalue weighted by molar-refractivity contribution is -0.136. The van der Waals surface area contributed by atoms with E-state index in [-0.39, 0.29) is 12.3 Å². The Labute approximate surface area is 191 Å². The molecule has 0 fully saturated rings. The van der Waals surface area contributed by atoms with Crippen molar-refractivity contribution < 1.29 is 18.7 Å². The monoisotopic (exact) mass is 503 g/mol. The maximum Gasteiger partial charge on any atom is 0.329 e. The molecule has 31 heavy (non-hydrogen) atoms. The number of hydrazone groups is 1. The molecule has 0 aromatic heterocycles. The zero-order chi connectivity index (χ0) is 22.2. The summed E-state index contributed by atoms with van der Waals surface area (Å²) in [5.41, 5.74) is 3.82. The third-order valence-corrected chi connectivity index (χ3v) is 4.85. The van der Waals surface area contributed by atoms with E-state index in [4.69, 9.17) is 16.3 Å². The summed E-state index contributed by atoms with van der Waals surface area (Å²) in [4.78, 5) is 23.9. The van der Waals surface area contributed by atoms with Crippen molar-refractivity contribution in [1.29, 1.82) is 0 Å². The highest BCUT2D eigenvalue weighted by molar-refractivity contribution is 9.10. The number of anilines is 1. The van der Waals surface area contributed by atoms with E-state index in [0.29, 0.717) is 16.3 Å². The number of ether oxygens (including phenoxy) is 1. The number of hydrogen-bond acceptors (Lipinski definition) is 4. The Hall–Kier alpha value is -3.23. The van der Waals surface area contributed by atoms with E-state index >= 15 is 0 Å². The van der Waals surface area contributed by atoms with Crippen LogP contribution in [0.1, 0.15) is 11.1 Å². The lowest BCUT2D eigenvalue weighted by Crippen LogP contribution is -2.32. The van der Waals surface area contributed by atoms with E-state index in [0.717, 1.165) is 10.0 Å². The smallest absolute Gasteiger partial charge is 0.329 e. The predicted molar refractivity (Wildman–Crippen MR) is 121 cm³/mol. The van der Waals surface area contributed by atoms with Gasteiger partial charge in [0.25, 0.3) is 0 Å². The van der Waals surface area contributed by atoms with Crippen molar-refractivity contribution in [2.75, 3.05) is 5.32 Å². The highest BCUT2D eigenvalue weighted by Gasteiger charge is 2.13. The molecule has 158 valence electrons. The SMILES string of the molecule is O=C(N/N=C\c1cc(Br)ccc1OCc1ccccc1Cl)C(=O)Nc1ccc(F)cc1. The Kier molecular flexibility index (Phi) is 7.75. The fourth-order valence-electron chi connectivity index (χ4n) is 2.45. The van der Waals surface area contributed by atoms with Gasteiger partial charge < -0.3 is 10.1 Å². The molecule has 6 nitrogen and oxygen atoms in total. The van der Waals surface area contributed by atoms with Gasteiger partial charge in [-0.1, -0.05) is 45.7 Å². The lowest BCUT2D eigenvalue weighted by atomic mass is 10.2. The second kappa shape index (κ2) is 10.7. The van der Waals surface area contributed by atoms with Gasteiger partial charge in [0.15, 0.2) is 0 Å². The van der Waals surface area contributed by atoms with E-state index in [1.165, 1.54) is 30.5 Å². The van der Waals surface area contributed by atoms with E-state index in [2.05, 4.69) is 31.8 Å². The molecule has 0 aliphatic rings. The first-order chi connectivity index (χ1) is 14.9. The third-order valence-electron chi connectivity index (χ3n) is 3.99. The van der Waals surface area contributed by atoms with Crippen LogP contribution in [-0.4, -0.2) is 18.0 Å². The lowest BCUT2D eigenvalue weighted by Gasteiger charge is -2.10. The number of halogens is 3. The van der Waals surface area contributed by atoms with Crippen LogP contribution in [0.15, 0.2) is 76.3 Å². The van der Waals surface area contributed by atoms with Crippen molar-refractivity contribution >= 4 is 51.2 Å². The van der Waals surface area contributed by atoms with Gasteiger partial charge in [-0.3, -0.25) is 9.59 Å². The fourth-order valence-corrected chi connectivity index (χ4v) is 3.02. The predicted octanol–water partition coefficient (Wildman–Crippen LogP) is 4.91. The highest BCUT2D eigenvalue weighted by atomic mass is 79.9. The maximum absolute atomic E-state index is 12.9. The van der Waals surface area contributed by atoms with Crippen molar-refractivity contribution in [3.05, 3.63) is 93.2 Å². The number of nitrogens with zero attached hydrogens (tertiary/aromatic N) is 1. The molecule has 0 aliphatic heterocycles.